The van der Waals surface area contributed by atoms with Gasteiger partial charge in [-0.3, -0.25) is 4.79 Å². The summed E-state index contributed by atoms with van der Waals surface area (Å²) in [7, 11) is 3.92. The van der Waals surface area contributed by atoms with Crippen LogP contribution in [0.1, 0.15) is 17.5 Å². The molecule has 0 unspecified atom stereocenters. The third kappa shape index (κ3) is 3.62. The number of carbonyl (C=O) groups is 1. The van der Waals surface area contributed by atoms with Gasteiger partial charge >= 0.3 is 0 Å². The van der Waals surface area contributed by atoms with E-state index >= 15 is 0 Å². The van der Waals surface area contributed by atoms with Crippen LogP contribution in [0.15, 0.2) is 60.8 Å². The number of hydrogen-bond acceptors (Lipinski definition) is 1. The molecular formula is C20H22N2O. The number of benzene rings is 2. The van der Waals surface area contributed by atoms with E-state index in [1.165, 1.54) is 16.5 Å². The second kappa shape index (κ2) is 6.69. The normalized spacial score (nSPS) is 10.9. The summed E-state index contributed by atoms with van der Waals surface area (Å²) in [6, 6.07) is 18.6. The molecule has 0 aliphatic carbocycles. The third-order valence-corrected chi connectivity index (χ3v) is 4.27. The Kier molecular flexibility index (Phi) is 4.47. The first-order valence-electron chi connectivity index (χ1n) is 7.95. The van der Waals surface area contributed by atoms with E-state index in [9.17, 15) is 4.79 Å². The van der Waals surface area contributed by atoms with Crippen LogP contribution in [-0.2, 0) is 24.8 Å². The molecular weight excluding hydrogens is 284 g/mol. The fourth-order valence-electron chi connectivity index (χ4n) is 2.87. The average molecular weight is 306 g/mol. The van der Waals surface area contributed by atoms with Crippen molar-refractivity contribution < 1.29 is 4.79 Å². The van der Waals surface area contributed by atoms with Crippen molar-refractivity contribution in [2.45, 2.75) is 19.4 Å². The number of carbonyl (C=O) groups excluding carboxylic acids is 1. The standard InChI is InChI=1S/C20H22N2O/c1-21-13-12-18-14-16(8-10-19(18)21)9-11-20(23)22(2)15-17-6-4-3-5-7-17/h3-8,10,12-14H,9,11,15H2,1-2H3. The molecule has 0 aliphatic rings. The van der Waals surface area contributed by atoms with Crippen molar-refractivity contribution in [2.75, 3.05) is 7.05 Å². The van der Waals surface area contributed by atoms with E-state index < -0.39 is 0 Å². The quantitative estimate of drug-likeness (QED) is 0.704. The molecule has 3 heteroatoms. The number of amides is 1. The van der Waals surface area contributed by atoms with E-state index in [4.69, 9.17) is 0 Å². The molecule has 0 atom stereocenters. The molecule has 0 saturated carbocycles. The van der Waals surface area contributed by atoms with Crippen LogP contribution in [0.4, 0.5) is 0 Å². The van der Waals surface area contributed by atoms with Crippen molar-refractivity contribution in [3.05, 3.63) is 71.9 Å². The molecule has 0 radical (unpaired) electrons. The molecule has 0 fully saturated rings. The summed E-state index contributed by atoms with van der Waals surface area (Å²) in [5.74, 6) is 0.182. The second-order valence-corrected chi connectivity index (χ2v) is 6.06. The summed E-state index contributed by atoms with van der Waals surface area (Å²) >= 11 is 0. The molecule has 3 aromatic rings. The highest BCUT2D eigenvalue weighted by molar-refractivity contribution is 5.81. The minimum Gasteiger partial charge on any atom is -0.351 e. The van der Waals surface area contributed by atoms with Gasteiger partial charge in [0.1, 0.15) is 0 Å². The van der Waals surface area contributed by atoms with Gasteiger partial charge in [0.2, 0.25) is 5.91 Å². The van der Waals surface area contributed by atoms with Crippen molar-refractivity contribution >= 4 is 16.8 Å². The van der Waals surface area contributed by atoms with Gasteiger partial charge in [-0.25, -0.2) is 0 Å². The summed E-state index contributed by atoms with van der Waals surface area (Å²) in [6.45, 7) is 0.664. The Morgan fingerprint density at radius 3 is 2.61 bits per heavy atom. The Morgan fingerprint density at radius 2 is 1.83 bits per heavy atom. The van der Waals surface area contributed by atoms with E-state index in [2.05, 4.69) is 35.0 Å². The van der Waals surface area contributed by atoms with E-state index in [0.717, 1.165) is 12.0 Å². The van der Waals surface area contributed by atoms with Gasteiger partial charge in [-0.1, -0.05) is 36.4 Å². The molecule has 3 nitrogen and oxygen atoms in total. The van der Waals surface area contributed by atoms with Crippen LogP contribution in [0.3, 0.4) is 0 Å². The van der Waals surface area contributed by atoms with Gasteiger partial charge < -0.3 is 9.47 Å². The molecule has 23 heavy (non-hydrogen) atoms. The zero-order valence-electron chi connectivity index (χ0n) is 13.7. The molecule has 0 bridgehead atoms. The second-order valence-electron chi connectivity index (χ2n) is 6.06. The van der Waals surface area contributed by atoms with Gasteiger partial charge in [0, 0.05) is 38.8 Å². The maximum Gasteiger partial charge on any atom is 0.222 e. The molecule has 1 amide bonds. The van der Waals surface area contributed by atoms with E-state index in [0.29, 0.717) is 13.0 Å². The van der Waals surface area contributed by atoms with Gasteiger partial charge in [0.25, 0.3) is 0 Å². The lowest BCUT2D eigenvalue weighted by atomic mass is 10.1. The molecule has 0 aliphatic heterocycles. The average Bonchev–Trinajstić information content (AvgIpc) is 2.94. The maximum atomic E-state index is 12.3. The van der Waals surface area contributed by atoms with Crippen LogP contribution in [0.2, 0.25) is 0 Å². The van der Waals surface area contributed by atoms with Crippen LogP contribution in [0.5, 0.6) is 0 Å². The first-order valence-corrected chi connectivity index (χ1v) is 7.95. The molecule has 0 N–H and O–H groups in total. The van der Waals surface area contributed by atoms with Gasteiger partial charge in [-0.2, -0.15) is 0 Å². The van der Waals surface area contributed by atoms with Crippen LogP contribution in [-0.4, -0.2) is 22.4 Å². The van der Waals surface area contributed by atoms with Gasteiger partial charge in [0.15, 0.2) is 0 Å². The van der Waals surface area contributed by atoms with E-state index in [1.54, 1.807) is 4.90 Å². The van der Waals surface area contributed by atoms with Crippen molar-refractivity contribution in [1.29, 1.82) is 0 Å². The number of hydrogen-bond donors (Lipinski definition) is 0. The smallest absolute Gasteiger partial charge is 0.222 e. The molecule has 3 rings (SSSR count). The van der Waals surface area contributed by atoms with Crippen molar-refractivity contribution in [2.24, 2.45) is 7.05 Å². The topological polar surface area (TPSA) is 25.2 Å². The van der Waals surface area contributed by atoms with Crippen molar-refractivity contribution in [3.63, 3.8) is 0 Å². The lowest BCUT2D eigenvalue weighted by Gasteiger charge is -2.17. The highest BCUT2D eigenvalue weighted by Gasteiger charge is 2.10. The molecule has 0 saturated heterocycles. The maximum absolute atomic E-state index is 12.3. The number of nitrogens with zero attached hydrogens (tertiary/aromatic N) is 2. The molecule has 2 aromatic carbocycles. The SMILES string of the molecule is CN(Cc1ccccc1)C(=O)CCc1ccc2c(ccn2C)c1. The zero-order chi connectivity index (χ0) is 16.2. The molecule has 118 valence electrons. The van der Waals surface area contributed by atoms with Gasteiger partial charge in [-0.05, 0) is 41.1 Å². The predicted octanol–water partition coefficient (Wildman–Crippen LogP) is 3.77. The molecule has 0 spiro atoms. The van der Waals surface area contributed by atoms with Gasteiger partial charge in [-0.15, -0.1) is 0 Å². The predicted molar refractivity (Wildman–Crippen MR) is 94.2 cm³/mol. The van der Waals surface area contributed by atoms with Crippen molar-refractivity contribution in [1.82, 2.24) is 9.47 Å². The third-order valence-electron chi connectivity index (χ3n) is 4.27. The fourth-order valence-corrected chi connectivity index (χ4v) is 2.87. The van der Waals surface area contributed by atoms with Crippen LogP contribution >= 0.6 is 0 Å². The summed E-state index contributed by atoms with van der Waals surface area (Å²) in [5.41, 5.74) is 3.60. The number of fused-ring (bicyclic) bond motifs is 1. The fraction of sp³-hybridized carbons (Fsp3) is 0.250. The Hall–Kier alpha value is -2.55. The highest BCUT2D eigenvalue weighted by atomic mass is 16.2. The van der Waals surface area contributed by atoms with Crippen LogP contribution in [0, 0.1) is 0 Å². The Balaban J connectivity index is 1.59. The number of aromatic nitrogens is 1. The summed E-state index contributed by atoms with van der Waals surface area (Å²) in [4.78, 5) is 14.1. The lowest BCUT2D eigenvalue weighted by Crippen LogP contribution is -2.26. The number of rotatable bonds is 5. The van der Waals surface area contributed by atoms with Crippen molar-refractivity contribution in [3.8, 4) is 0 Å². The van der Waals surface area contributed by atoms with Crippen LogP contribution < -0.4 is 0 Å². The Bertz CT molecular complexity index is 805. The highest BCUT2D eigenvalue weighted by Crippen LogP contribution is 2.18. The first kappa shape index (κ1) is 15.3. The first-order chi connectivity index (χ1) is 11.1. The summed E-state index contributed by atoms with van der Waals surface area (Å²) in [5, 5.41) is 1.23. The minimum absolute atomic E-state index is 0.182. The zero-order valence-corrected chi connectivity index (χ0v) is 13.7. The molecule has 1 heterocycles. The Morgan fingerprint density at radius 1 is 1.04 bits per heavy atom. The lowest BCUT2D eigenvalue weighted by molar-refractivity contribution is -0.130. The minimum atomic E-state index is 0.182. The Labute approximate surface area is 137 Å². The van der Waals surface area contributed by atoms with E-state index in [1.807, 2.05) is 44.4 Å². The summed E-state index contributed by atoms with van der Waals surface area (Å²) in [6.07, 6.45) is 3.39. The monoisotopic (exact) mass is 306 g/mol. The number of aryl methyl sites for hydroxylation is 2. The van der Waals surface area contributed by atoms with E-state index in [-0.39, 0.29) is 5.91 Å². The van der Waals surface area contributed by atoms with Crippen LogP contribution in [0.25, 0.3) is 10.9 Å². The molecule has 1 aromatic heterocycles. The summed E-state index contributed by atoms with van der Waals surface area (Å²) < 4.78 is 2.11. The van der Waals surface area contributed by atoms with Gasteiger partial charge in [0.05, 0.1) is 0 Å². The largest absolute Gasteiger partial charge is 0.351 e.